The van der Waals surface area contributed by atoms with Crippen LogP contribution in [0.25, 0.3) is 0 Å². The molecule has 7 heteroatoms. The van der Waals surface area contributed by atoms with Crippen molar-refractivity contribution in [1.82, 2.24) is 9.80 Å². The first-order valence-corrected chi connectivity index (χ1v) is 8.31. The summed E-state index contributed by atoms with van der Waals surface area (Å²) in [6.45, 7) is 3.12. The molecule has 3 rings (SSSR count). The zero-order valence-corrected chi connectivity index (χ0v) is 14.2. The number of piperazine rings is 1. The summed E-state index contributed by atoms with van der Waals surface area (Å²) in [5.41, 5.74) is 1.05. The molecule has 1 heterocycles. The highest BCUT2D eigenvalue weighted by Gasteiger charge is 2.20. The van der Waals surface area contributed by atoms with E-state index in [-0.39, 0.29) is 5.02 Å². The molecule has 1 N–H and O–H groups in total. The summed E-state index contributed by atoms with van der Waals surface area (Å²) in [5, 5.41) is 9.04. The Balaban J connectivity index is 1.62. The Morgan fingerprint density at radius 3 is 2.52 bits per heavy atom. The number of ether oxygens (including phenoxy) is 1. The zero-order valence-electron chi connectivity index (χ0n) is 13.5. The molecule has 1 fully saturated rings. The second-order valence-electron chi connectivity index (χ2n) is 5.87. The molecule has 25 heavy (non-hydrogen) atoms. The Morgan fingerprint density at radius 2 is 1.84 bits per heavy atom. The molecule has 0 aliphatic carbocycles. The van der Waals surface area contributed by atoms with Gasteiger partial charge >= 0.3 is 6.09 Å². The second kappa shape index (κ2) is 7.72. The van der Waals surface area contributed by atoms with Crippen LogP contribution in [0.1, 0.15) is 5.56 Å². The van der Waals surface area contributed by atoms with Crippen molar-refractivity contribution in [3.63, 3.8) is 0 Å². The molecule has 5 nitrogen and oxygen atoms in total. The van der Waals surface area contributed by atoms with Crippen molar-refractivity contribution >= 4 is 17.7 Å². The summed E-state index contributed by atoms with van der Waals surface area (Å²) >= 11 is 5.67. The van der Waals surface area contributed by atoms with Crippen molar-refractivity contribution in [3.8, 4) is 11.5 Å². The summed E-state index contributed by atoms with van der Waals surface area (Å²) < 4.78 is 19.2. The maximum absolute atomic E-state index is 13.5. The normalized spacial score (nSPS) is 15.2. The average Bonchev–Trinajstić information content (AvgIpc) is 2.59. The summed E-state index contributed by atoms with van der Waals surface area (Å²) in [6.07, 6.45) is -0.870. The first kappa shape index (κ1) is 17.5. The number of benzene rings is 2. The SMILES string of the molecule is O=C(O)N1CCN(Cc2cccc(Oc3ccc(Cl)c(F)c3)c2)CC1. The number of rotatable bonds is 4. The van der Waals surface area contributed by atoms with Gasteiger partial charge in [0.25, 0.3) is 0 Å². The Hall–Kier alpha value is -2.31. The van der Waals surface area contributed by atoms with Gasteiger partial charge in [-0.25, -0.2) is 9.18 Å². The Labute approximate surface area is 150 Å². The van der Waals surface area contributed by atoms with Crippen LogP contribution in [-0.2, 0) is 6.54 Å². The van der Waals surface area contributed by atoms with E-state index >= 15 is 0 Å². The number of amides is 1. The van der Waals surface area contributed by atoms with Crippen LogP contribution in [0.2, 0.25) is 5.02 Å². The van der Waals surface area contributed by atoms with Crippen LogP contribution in [-0.4, -0.2) is 47.2 Å². The molecule has 0 spiro atoms. The Bertz CT molecular complexity index is 764. The van der Waals surface area contributed by atoms with Gasteiger partial charge in [-0.3, -0.25) is 4.90 Å². The molecule has 1 amide bonds. The van der Waals surface area contributed by atoms with E-state index in [0.29, 0.717) is 44.2 Å². The quantitative estimate of drug-likeness (QED) is 0.888. The smallest absolute Gasteiger partial charge is 0.407 e. The lowest BCUT2D eigenvalue weighted by Crippen LogP contribution is -2.47. The predicted molar refractivity (Wildman–Crippen MR) is 92.8 cm³/mol. The molecule has 0 bridgehead atoms. The van der Waals surface area contributed by atoms with E-state index in [1.165, 1.54) is 17.0 Å². The van der Waals surface area contributed by atoms with Gasteiger partial charge < -0.3 is 14.7 Å². The van der Waals surface area contributed by atoms with Crippen LogP contribution >= 0.6 is 11.6 Å². The molecular formula is C18H18ClFN2O3. The number of carbonyl (C=O) groups is 1. The number of hydrogen-bond donors (Lipinski definition) is 1. The Morgan fingerprint density at radius 1 is 1.12 bits per heavy atom. The van der Waals surface area contributed by atoms with Crippen molar-refractivity contribution in [3.05, 3.63) is 58.9 Å². The molecule has 1 aliphatic rings. The maximum atomic E-state index is 13.5. The lowest BCUT2D eigenvalue weighted by atomic mass is 10.2. The van der Waals surface area contributed by atoms with Gasteiger partial charge in [0.2, 0.25) is 0 Å². The highest BCUT2D eigenvalue weighted by atomic mass is 35.5. The van der Waals surface area contributed by atoms with Crippen LogP contribution < -0.4 is 4.74 Å². The average molecular weight is 365 g/mol. The lowest BCUT2D eigenvalue weighted by Gasteiger charge is -2.33. The third kappa shape index (κ3) is 4.61. The molecule has 0 saturated carbocycles. The van der Waals surface area contributed by atoms with Gasteiger partial charge in [-0.15, -0.1) is 0 Å². The van der Waals surface area contributed by atoms with E-state index in [2.05, 4.69) is 4.90 Å². The Kier molecular flexibility index (Phi) is 5.40. The fraction of sp³-hybridized carbons (Fsp3) is 0.278. The largest absolute Gasteiger partial charge is 0.465 e. The highest BCUT2D eigenvalue weighted by molar-refractivity contribution is 6.30. The van der Waals surface area contributed by atoms with E-state index in [4.69, 9.17) is 21.4 Å². The van der Waals surface area contributed by atoms with Crippen LogP contribution in [0.3, 0.4) is 0 Å². The summed E-state index contributed by atoms with van der Waals surface area (Å²) in [5.74, 6) is 0.476. The summed E-state index contributed by atoms with van der Waals surface area (Å²) in [6, 6.07) is 11.9. The maximum Gasteiger partial charge on any atom is 0.407 e. The fourth-order valence-corrected chi connectivity index (χ4v) is 2.86. The van der Waals surface area contributed by atoms with Crippen molar-refractivity contribution in [2.24, 2.45) is 0 Å². The van der Waals surface area contributed by atoms with Crippen LogP contribution in [0, 0.1) is 5.82 Å². The van der Waals surface area contributed by atoms with Crippen LogP contribution in [0.15, 0.2) is 42.5 Å². The minimum Gasteiger partial charge on any atom is -0.465 e. The minimum absolute atomic E-state index is 0.0570. The number of carboxylic acid groups (broad SMARTS) is 1. The first-order chi connectivity index (χ1) is 12.0. The van der Waals surface area contributed by atoms with E-state index < -0.39 is 11.9 Å². The summed E-state index contributed by atoms with van der Waals surface area (Å²) in [4.78, 5) is 14.6. The van der Waals surface area contributed by atoms with Crippen molar-refractivity contribution in [1.29, 1.82) is 0 Å². The molecule has 2 aromatic carbocycles. The van der Waals surface area contributed by atoms with Gasteiger partial charge in [0.1, 0.15) is 17.3 Å². The fourth-order valence-electron chi connectivity index (χ4n) is 2.74. The molecule has 0 unspecified atom stereocenters. The standard InChI is InChI=1S/C18H18ClFN2O3/c19-16-5-4-15(11-17(16)20)25-14-3-1-2-13(10-14)12-21-6-8-22(9-7-21)18(23)24/h1-5,10-11H,6-9,12H2,(H,23,24). The molecule has 1 saturated heterocycles. The monoisotopic (exact) mass is 364 g/mol. The third-order valence-corrected chi connectivity index (χ3v) is 4.38. The molecule has 0 aromatic heterocycles. The summed E-state index contributed by atoms with van der Waals surface area (Å²) in [7, 11) is 0. The number of halogens is 2. The van der Waals surface area contributed by atoms with E-state index in [1.807, 2.05) is 18.2 Å². The topological polar surface area (TPSA) is 53.0 Å². The van der Waals surface area contributed by atoms with Crippen molar-refractivity contribution < 1.29 is 19.0 Å². The van der Waals surface area contributed by atoms with Crippen LogP contribution in [0.5, 0.6) is 11.5 Å². The molecular weight excluding hydrogens is 347 g/mol. The van der Waals surface area contributed by atoms with Gasteiger partial charge in [0.05, 0.1) is 5.02 Å². The highest BCUT2D eigenvalue weighted by Crippen LogP contribution is 2.26. The molecule has 1 aliphatic heterocycles. The van der Waals surface area contributed by atoms with Gasteiger partial charge in [-0.2, -0.15) is 0 Å². The molecule has 0 atom stereocenters. The molecule has 0 radical (unpaired) electrons. The molecule has 132 valence electrons. The van der Waals surface area contributed by atoms with E-state index in [1.54, 1.807) is 12.1 Å². The lowest BCUT2D eigenvalue weighted by molar-refractivity contribution is 0.103. The molecule has 2 aromatic rings. The third-order valence-electron chi connectivity index (χ3n) is 4.07. The van der Waals surface area contributed by atoms with Crippen LogP contribution in [0.4, 0.5) is 9.18 Å². The predicted octanol–water partition coefficient (Wildman–Crippen LogP) is 4.07. The van der Waals surface area contributed by atoms with Gasteiger partial charge in [0, 0.05) is 38.8 Å². The second-order valence-corrected chi connectivity index (χ2v) is 6.28. The zero-order chi connectivity index (χ0) is 17.8. The van der Waals surface area contributed by atoms with Gasteiger partial charge in [-0.05, 0) is 29.8 Å². The minimum atomic E-state index is -0.870. The van der Waals surface area contributed by atoms with Crippen molar-refractivity contribution in [2.45, 2.75) is 6.54 Å². The van der Waals surface area contributed by atoms with Gasteiger partial charge in [-0.1, -0.05) is 23.7 Å². The van der Waals surface area contributed by atoms with Gasteiger partial charge in [0.15, 0.2) is 0 Å². The van der Waals surface area contributed by atoms with E-state index in [0.717, 1.165) is 5.56 Å². The van der Waals surface area contributed by atoms with E-state index in [9.17, 15) is 9.18 Å². The first-order valence-electron chi connectivity index (χ1n) is 7.93. The number of nitrogens with zero attached hydrogens (tertiary/aromatic N) is 2. The number of hydrogen-bond acceptors (Lipinski definition) is 3. The van der Waals surface area contributed by atoms with Crippen molar-refractivity contribution in [2.75, 3.05) is 26.2 Å².